The van der Waals surface area contributed by atoms with Crippen molar-refractivity contribution < 1.29 is 9.47 Å². The average Bonchev–Trinajstić information content (AvgIpc) is 3.32. The summed E-state index contributed by atoms with van der Waals surface area (Å²) in [6.45, 7) is 7.39. The van der Waals surface area contributed by atoms with E-state index in [0.717, 1.165) is 80.1 Å². The van der Waals surface area contributed by atoms with E-state index in [2.05, 4.69) is 20.2 Å². The Kier molecular flexibility index (Phi) is 5.55. The number of ether oxygens (including phenoxy) is 2. The third-order valence-electron chi connectivity index (χ3n) is 5.94. The first-order chi connectivity index (χ1) is 15.2. The van der Waals surface area contributed by atoms with E-state index >= 15 is 0 Å². The highest BCUT2D eigenvalue weighted by atomic mass is 16.5. The van der Waals surface area contributed by atoms with E-state index in [1.807, 2.05) is 38.1 Å². The van der Waals surface area contributed by atoms with Gasteiger partial charge in [0.05, 0.1) is 16.6 Å². The maximum Gasteiger partial charge on any atom is 0.243 e. The Morgan fingerprint density at radius 2 is 1.65 bits per heavy atom. The Balaban J connectivity index is 1.51. The largest absolute Gasteiger partial charge is 0.418 e. The van der Waals surface area contributed by atoms with Gasteiger partial charge >= 0.3 is 0 Å². The van der Waals surface area contributed by atoms with Gasteiger partial charge in [0.15, 0.2) is 0 Å². The van der Waals surface area contributed by atoms with E-state index in [9.17, 15) is 0 Å². The highest BCUT2D eigenvalue weighted by Gasteiger charge is 2.23. The number of rotatable bonds is 5. The maximum absolute atomic E-state index is 6.26. The van der Waals surface area contributed by atoms with Crippen molar-refractivity contribution in [1.29, 1.82) is 0 Å². The van der Waals surface area contributed by atoms with Crippen molar-refractivity contribution in [2.45, 2.75) is 45.6 Å². The summed E-state index contributed by atoms with van der Waals surface area (Å²) >= 11 is 0. The molecule has 8 nitrogen and oxygen atoms in total. The highest BCUT2D eigenvalue weighted by Crippen LogP contribution is 2.32. The zero-order valence-electron chi connectivity index (χ0n) is 18.1. The van der Waals surface area contributed by atoms with Crippen molar-refractivity contribution in [1.82, 2.24) is 19.9 Å². The molecule has 0 unspecified atom stereocenters. The number of benzene rings is 1. The number of hydrogen-bond acceptors (Lipinski definition) is 8. The van der Waals surface area contributed by atoms with Crippen molar-refractivity contribution in [2.24, 2.45) is 0 Å². The van der Waals surface area contributed by atoms with Gasteiger partial charge in [0.2, 0.25) is 17.7 Å². The van der Waals surface area contributed by atoms with Crippen LogP contribution in [0.5, 0.6) is 11.8 Å². The molecule has 8 heteroatoms. The average molecular weight is 421 g/mol. The van der Waals surface area contributed by atoms with E-state index < -0.39 is 0 Å². The molecule has 2 fully saturated rings. The SMILES string of the molecule is Cc1nc2ccccc2nc1Oc1nc(N2CCCC2)nc(NC2CCOCC2)c1C. The number of aryl methyl sites for hydroxylation is 1. The topological polar surface area (TPSA) is 85.3 Å². The molecule has 0 amide bonds. The van der Waals surface area contributed by atoms with Gasteiger partial charge in [-0.1, -0.05) is 12.1 Å². The first-order valence-corrected chi connectivity index (χ1v) is 11.1. The molecule has 2 saturated heterocycles. The van der Waals surface area contributed by atoms with E-state index in [1.54, 1.807) is 0 Å². The Labute approximate surface area is 182 Å². The maximum atomic E-state index is 6.26. The van der Waals surface area contributed by atoms with Gasteiger partial charge in [0.25, 0.3) is 0 Å². The second kappa shape index (κ2) is 8.63. The second-order valence-corrected chi connectivity index (χ2v) is 8.23. The minimum absolute atomic E-state index is 0.337. The molecule has 0 aliphatic carbocycles. The molecule has 0 saturated carbocycles. The van der Waals surface area contributed by atoms with Gasteiger partial charge in [-0.05, 0) is 51.7 Å². The van der Waals surface area contributed by atoms with Gasteiger partial charge < -0.3 is 19.7 Å². The number of fused-ring (bicyclic) bond motifs is 1. The summed E-state index contributed by atoms with van der Waals surface area (Å²) in [5, 5.41) is 3.61. The van der Waals surface area contributed by atoms with Crippen LogP contribution in [0.15, 0.2) is 24.3 Å². The molecule has 1 aromatic carbocycles. The molecule has 31 heavy (non-hydrogen) atoms. The first-order valence-electron chi connectivity index (χ1n) is 11.1. The Morgan fingerprint density at radius 1 is 0.935 bits per heavy atom. The van der Waals surface area contributed by atoms with Gasteiger partial charge in [-0.15, -0.1) is 0 Å². The molecule has 3 aromatic rings. The molecule has 0 bridgehead atoms. The number of para-hydroxylation sites is 2. The summed E-state index contributed by atoms with van der Waals surface area (Å²) in [7, 11) is 0. The van der Waals surface area contributed by atoms with Crippen LogP contribution in [0.2, 0.25) is 0 Å². The Hall–Kier alpha value is -3.00. The molecular formula is C23H28N6O2. The summed E-state index contributed by atoms with van der Waals surface area (Å²) in [6, 6.07) is 8.14. The van der Waals surface area contributed by atoms with E-state index in [1.165, 1.54) is 0 Å². The summed E-state index contributed by atoms with van der Waals surface area (Å²) < 4.78 is 11.8. The van der Waals surface area contributed by atoms with Crippen LogP contribution < -0.4 is 15.0 Å². The lowest BCUT2D eigenvalue weighted by Gasteiger charge is -2.26. The van der Waals surface area contributed by atoms with E-state index in [4.69, 9.17) is 19.4 Å². The second-order valence-electron chi connectivity index (χ2n) is 8.23. The van der Waals surface area contributed by atoms with E-state index in [0.29, 0.717) is 23.8 Å². The van der Waals surface area contributed by atoms with Crippen LogP contribution in [0, 0.1) is 13.8 Å². The van der Waals surface area contributed by atoms with Crippen molar-refractivity contribution in [3.63, 3.8) is 0 Å². The molecule has 5 rings (SSSR count). The zero-order valence-corrected chi connectivity index (χ0v) is 18.1. The van der Waals surface area contributed by atoms with Gasteiger partial charge in [-0.3, -0.25) is 0 Å². The number of nitrogens with zero attached hydrogens (tertiary/aromatic N) is 5. The van der Waals surface area contributed by atoms with Crippen LogP contribution in [0.1, 0.15) is 36.9 Å². The first kappa shape index (κ1) is 19.9. The molecule has 0 atom stereocenters. The van der Waals surface area contributed by atoms with Crippen molar-refractivity contribution in [2.75, 3.05) is 36.5 Å². The van der Waals surface area contributed by atoms with Crippen molar-refractivity contribution in [3.8, 4) is 11.8 Å². The molecule has 2 aliphatic heterocycles. The molecule has 0 radical (unpaired) electrons. The quantitative estimate of drug-likeness (QED) is 0.662. The van der Waals surface area contributed by atoms with Crippen LogP contribution in [0.25, 0.3) is 11.0 Å². The zero-order chi connectivity index (χ0) is 21.2. The molecule has 0 spiro atoms. The van der Waals surface area contributed by atoms with Crippen LogP contribution in [-0.4, -0.2) is 52.3 Å². The highest BCUT2D eigenvalue weighted by molar-refractivity contribution is 5.74. The standard InChI is InChI=1S/C23H28N6O2/c1-15-20(25-17-9-13-30-14-10-17)27-23(29-11-5-6-12-29)28-21(15)31-22-16(2)24-18-7-3-4-8-19(18)26-22/h3-4,7-8,17H,5-6,9-14H2,1-2H3,(H,25,27,28). The van der Waals surface area contributed by atoms with Crippen molar-refractivity contribution in [3.05, 3.63) is 35.5 Å². The number of hydrogen-bond donors (Lipinski definition) is 1. The predicted octanol–water partition coefficient (Wildman–Crippen LogP) is 4.02. The smallest absolute Gasteiger partial charge is 0.243 e. The lowest BCUT2D eigenvalue weighted by Crippen LogP contribution is -2.29. The van der Waals surface area contributed by atoms with Crippen LogP contribution in [0.3, 0.4) is 0 Å². The molecule has 162 valence electrons. The predicted molar refractivity (Wildman–Crippen MR) is 120 cm³/mol. The summed E-state index contributed by atoms with van der Waals surface area (Å²) in [5.41, 5.74) is 3.27. The van der Waals surface area contributed by atoms with Crippen LogP contribution in [0.4, 0.5) is 11.8 Å². The van der Waals surface area contributed by atoms with Crippen LogP contribution >= 0.6 is 0 Å². The number of anilines is 2. The number of aromatic nitrogens is 4. The Morgan fingerprint density at radius 3 is 2.39 bits per heavy atom. The van der Waals surface area contributed by atoms with Gasteiger partial charge in [0.1, 0.15) is 11.5 Å². The lowest BCUT2D eigenvalue weighted by molar-refractivity contribution is 0.0903. The molecule has 2 aromatic heterocycles. The van der Waals surface area contributed by atoms with Crippen LogP contribution in [-0.2, 0) is 4.74 Å². The summed E-state index contributed by atoms with van der Waals surface area (Å²) in [6.07, 6.45) is 4.25. The fraction of sp³-hybridized carbons (Fsp3) is 0.478. The monoisotopic (exact) mass is 420 g/mol. The number of nitrogens with one attached hydrogen (secondary N) is 1. The summed E-state index contributed by atoms with van der Waals surface area (Å²) in [5.74, 6) is 2.54. The molecule has 2 aliphatic rings. The normalized spacial score (nSPS) is 17.3. The van der Waals surface area contributed by atoms with Gasteiger partial charge in [-0.2, -0.15) is 9.97 Å². The summed E-state index contributed by atoms with van der Waals surface area (Å²) in [4.78, 5) is 21.2. The fourth-order valence-corrected chi connectivity index (χ4v) is 4.08. The van der Waals surface area contributed by atoms with Crippen molar-refractivity contribution >= 4 is 22.8 Å². The third-order valence-corrected chi connectivity index (χ3v) is 5.94. The fourth-order valence-electron chi connectivity index (χ4n) is 4.08. The minimum Gasteiger partial charge on any atom is -0.418 e. The molecule has 1 N–H and O–H groups in total. The molecular weight excluding hydrogens is 392 g/mol. The minimum atomic E-state index is 0.337. The third kappa shape index (κ3) is 4.25. The Bertz CT molecular complexity index is 1080. The van der Waals surface area contributed by atoms with E-state index in [-0.39, 0.29) is 0 Å². The lowest BCUT2D eigenvalue weighted by atomic mass is 10.1. The molecule has 4 heterocycles. The van der Waals surface area contributed by atoms with Gasteiger partial charge in [-0.25, -0.2) is 9.97 Å². The van der Waals surface area contributed by atoms with Gasteiger partial charge in [0, 0.05) is 32.3 Å².